The van der Waals surface area contributed by atoms with E-state index < -0.39 is 28.9 Å². The van der Waals surface area contributed by atoms with Crippen molar-refractivity contribution in [3.63, 3.8) is 0 Å². The Morgan fingerprint density at radius 3 is 2.62 bits per heavy atom. The summed E-state index contributed by atoms with van der Waals surface area (Å²) in [5.74, 6) is -1.18. The molecule has 0 aliphatic carbocycles. The third kappa shape index (κ3) is 2.55. The molecule has 5 rings (SSSR count). The second-order valence-electron chi connectivity index (χ2n) is 8.22. The molecule has 164 valence electrons. The summed E-state index contributed by atoms with van der Waals surface area (Å²) in [5, 5.41) is 10.7. The van der Waals surface area contributed by atoms with E-state index in [0.29, 0.717) is 29.2 Å². The van der Waals surface area contributed by atoms with Gasteiger partial charge in [0.1, 0.15) is 5.58 Å². The van der Waals surface area contributed by atoms with Crippen molar-refractivity contribution in [1.82, 2.24) is 4.90 Å². The van der Waals surface area contributed by atoms with Crippen molar-refractivity contribution in [2.45, 2.75) is 31.9 Å². The van der Waals surface area contributed by atoms with Gasteiger partial charge in [-0.15, -0.1) is 0 Å². The zero-order valence-electron chi connectivity index (χ0n) is 17.6. The largest absolute Gasteiger partial charge is 0.450 e. The third-order valence-electron chi connectivity index (χ3n) is 6.09. The average molecular weight is 453 g/mol. The number of nitrogens with zero attached hydrogens (tertiary/aromatic N) is 2. The van der Waals surface area contributed by atoms with Crippen LogP contribution in [0.5, 0.6) is 0 Å². The lowest BCUT2D eigenvalue weighted by Crippen LogP contribution is -2.55. The minimum atomic E-state index is -1.70. The number of β-amino-alcohol motifs (C(OH)–C–C–N with tert-alkyl or cyclic N) is 1. The number of aliphatic hydroxyl groups excluding tert-OH is 1. The maximum Gasteiger partial charge on any atom is 0.291 e. The first-order chi connectivity index (χ1) is 15.3. The number of benzene rings is 2. The van der Waals surface area contributed by atoms with Gasteiger partial charge in [0.05, 0.1) is 22.7 Å². The van der Waals surface area contributed by atoms with Gasteiger partial charge in [-0.05, 0) is 37.6 Å². The summed E-state index contributed by atoms with van der Waals surface area (Å²) in [7, 11) is 0. The molecule has 2 aliphatic heterocycles. The average Bonchev–Trinajstić information content (AvgIpc) is 3.15. The number of carbonyl (C=O) groups excluding carboxylic acids is 2. The van der Waals surface area contributed by atoms with E-state index in [1.165, 1.54) is 24.0 Å². The highest BCUT2D eigenvalue weighted by atomic mass is 35.5. The van der Waals surface area contributed by atoms with Gasteiger partial charge in [0, 0.05) is 23.7 Å². The number of halogens is 1. The molecule has 0 saturated heterocycles. The van der Waals surface area contributed by atoms with Gasteiger partial charge in [-0.1, -0.05) is 36.7 Å². The smallest absolute Gasteiger partial charge is 0.291 e. The van der Waals surface area contributed by atoms with Crippen LogP contribution in [0.1, 0.15) is 41.9 Å². The molecule has 32 heavy (non-hydrogen) atoms. The van der Waals surface area contributed by atoms with Crippen LogP contribution in [0.2, 0.25) is 5.02 Å². The fourth-order valence-corrected chi connectivity index (χ4v) is 5.10. The van der Waals surface area contributed by atoms with E-state index in [0.717, 1.165) is 0 Å². The maximum absolute atomic E-state index is 14.1. The highest BCUT2D eigenvalue weighted by molar-refractivity contribution is 6.31. The lowest BCUT2D eigenvalue weighted by Gasteiger charge is -2.35. The number of carbonyl (C=O) groups is 2. The van der Waals surface area contributed by atoms with Gasteiger partial charge in [0.25, 0.3) is 11.8 Å². The fourth-order valence-electron chi connectivity index (χ4n) is 4.92. The Morgan fingerprint density at radius 2 is 1.91 bits per heavy atom. The summed E-state index contributed by atoms with van der Waals surface area (Å²) in [5.41, 5.74) is -0.821. The van der Waals surface area contributed by atoms with Crippen molar-refractivity contribution in [3.05, 3.63) is 74.6 Å². The van der Waals surface area contributed by atoms with Crippen molar-refractivity contribution in [3.8, 4) is 0 Å². The molecule has 0 radical (unpaired) electrons. The molecule has 1 spiro atoms. The number of fused-ring (bicyclic) bond motifs is 5. The Bertz CT molecular complexity index is 1350. The summed E-state index contributed by atoms with van der Waals surface area (Å²) < 4.78 is 5.91. The lowest BCUT2D eigenvalue weighted by atomic mass is 9.84. The zero-order valence-corrected chi connectivity index (χ0v) is 18.3. The molecule has 1 N–H and O–H groups in total. The molecule has 2 aromatic carbocycles. The van der Waals surface area contributed by atoms with E-state index >= 15 is 0 Å². The van der Waals surface area contributed by atoms with Crippen molar-refractivity contribution in [2.24, 2.45) is 0 Å². The third-order valence-corrected chi connectivity index (χ3v) is 6.33. The van der Waals surface area contributed by atoms with Crippen LogP contribution >= 0.6 is 11.6 Å². The summed E-state index contributed by atoms with van der Waals surface area (Å²) in [6.45, 7) is 3.77. The minimum Gasteiger partial charge on any atom is -0.450 e. The molecule has 3 heterocycles. The minimum absolute atomic E-state index is 0.0195. The molecule has 2 amide bonds. The van der Waals surface area contributed by atoms with E-state index in [1.54, 1.807) is 29.2 Å². The van der Waals surface area contributed by atoms with Crippen LogP contribution in [0.25, 0.3) is 11.0 Å². The number of amides is 2. The van der Waals surface area contributed by atoms with Crippen molar-refractivity contribution >= 4 is 40.1 Å². The first-order valence-corrected chi connectivity index (χ1v) is 10.9. The van der Waals surface area contributed by atoms with Crippen LogP contribution in [-0.2, 0) is 10.3 Å². The molecule has 8 heteroatoms. The second-order valence-corrected chi connectivity index (χ2v) is 8.66. The Labute approximate surface area is 188 Å². The molecule has 2 unspecified atom stereocenters. The van der Waals surface area contributed by atoms with Crippen LogP contribution in [0, 0.1) is 0 Å². The Balaban J connectivity index is 1.92. The number of hydrogen-bond acceptors (Lipinski definition) is 5. The predicted molar refractivity (Wildman–Crippen MR) is 120 cm³/mol. The van der Waals surface area contributed by atoms with Crippen molar-refractivity contribution in [2.75, 3.05) is 18.0 Å². The second kappa shape index (κ2) is 7.18. The molecule has 7 nitrogen and oxygen atoms in total. The summed E-state index contributed by atoms with van der Waals surface area (Å²) in [6.07, 6.45) is -0.237. The van der Waals surface area contributed by atoms with Crippen LogP contribution in [0.3, 0.4) is 0 Å². The van der Waals surface area contributed by atoms with E-state index in [4.69, 9.17) is 16.0 Å². The summed E-state index contributed by atoms with van der Waals surface area (Å²) in [4.78, 5) is 44.3. The monoisotopic (exact) mass is 452 g/mol. The Morgan fingerprint density at radius 1 is 1.16 bits per heavy atom. The van der Waals surface area contributed by atoms with E-state index in [9.17, 15) is 19.5 Å². The van der Waals surface area contributed by atoms with Gasteiger partial charge in [-0.2, -0.15) is 0 Å². The summed E-state index contributed by atoms with van der Waals surface area (Å²) >= 11 is 6.13. The quantitative estimate of drug-likeness (QED) is 0.656. The number of hydrogen-bond donors (Lipinski definition) is 1. The van der Waals surface area contributed by atoms with E-state index in [-0.39, 0.29) is 28.8 Å². The van der Waals surface area contributed by atoms with Gasteiger partial charge in [-0.3, -0.25) is 14.4 Å². The molecule has 2 aliphatic rings. The van der Waals surface area contributed by atoms with Gasteiger partial charge in [0.15, 0.2) is 11.0 Å². The normalized spacial score (nSPS) is 20.4. The number of aliphatic hydroxyl groups is 1. The van der Waals surface area contributed by atoms with E-state index in [1.807, 2.05) is 13.0 Å². The molecular weight excluding hydrogens is 432 g/mol. The SMILES string of the molecule is CCCN1C(=O)C2(c3ccccc31)c1c(oc3ccc(Cl)cc3c1=O)C(=O)N2CC(C)O. The highest BCUT2D eigenvalue weighted by Gasteiger charge is 2.64. The number of rotatable bonds is 4. The van der Waals surface area contributed by atoms with Gasteiger partial charge in [0.2, 0.25) is 5.76 Å². The first kappa shape index (κ1) is 20.7. The van der Waals surface area contributed by atoms with Crippen molar-refractivity contribution < 1.29 is 19.1 Å². The van der Waals surface area contributed by atoms with Crippen LogP contribution in [0.15, 0.2) is 51.7 Å². The first-order valence-electron chi connectivity index (χ1n) is 10.5. The zero-order chi connectivity index (χ0) is 22.8. The Kier molecular flexibility index (Phi) is 4.65. The fraction of sp³-hybridized carbons (Fsp3) is 0.292. The molecule has 1 aromatic heterocycles. The molecule has 3 aromatic rings. The lowest BCUT2D eigenvalue weighted by molar-refractivity contribution is -0.126. The summed E-state index contributed by atoms with van der Waals surface area (Å²) in [6, 6.07) is 11.7. The van der Waals surface area contributed by atoms with E-state index in [2.05, 4.69) is 0 Å². The molecule has 0 bridgehead atoms. The highest BCUT2D eigenvalue weighted by Crippen LogP contribution is 2.52. The number of anilines is 1. The molecule has 0 fully saturated rings. The van der Waals surface area contributed by atoms with Crippen LogP contribution < -0.4 is 10.3 Å². The molecule has 2 atom stereocenters. The Hall–Kier alpha value is -3.16. The van der Waals surface area contributed by atoms with Crippen LogP contribution in [-0.4, -0.2) is 41.0 Å². The van der Waals surface area contributed by atoms with Gasteiger partial charge in [-0.25, -0.2) is 0 Å². The standard InChI is InChI=1S/C24H21ClN2O5/c1-3-10-26-17-7-5-4-6-16(17)24(23(26)31)19-20(29)15-11-14(25)8-9-18(15)32-21(19)22(30)27(24)12-13(2)28/h4-9,11,13,28H,3,10,12H2,1-2H3. The maximum atomic E-state index is 14.1. The molecule has 0 saturated carbocycles. The topological polar surface area (TPSA) is 91.1 Å². The van der Waals surface area contributed by atoms with Gasteiger partial charge < -0.3 is 19.3 Å². The van der Waals surface area contributed by atoms with Crippen LogP contribution in [0.4, 0.5) is 5.69 Å². The predicted octanol–water partition coefficient (Wildman–Crippen LogP) is 3.28. The van der Waals surface area contributed by atoms with Gasteiger partial charge >= 0.3 is 0 Å². The van der Waals surface area contributed by atoms with Crippen molar-refractivity contribution in [1.29, 1.82) is 0 Å². The molecular formula is C24H21ClN2O5. The number of para-hydroxylation sites is 1.